The van der Waals surface area contributed by atoms with Gasteiger partial charge in [0.25, 0.3) is 0 Å². The van der Waals surface area contributed by atoms with Gasteiger partial charge in [0.2, 0.25) is 11.8 Å². The van der Waals surface area contributed by atoms with E-state index in [9.17, 15) is 9.59 Å². The molecule has 220 valence electrons. The normalized spacial score (nSPS) is 54.2. The van der Waals surface area contributed by atoms with Crippen LogP contribution in [0.25, 0.3) is 0 Å². The Balaban J connectivity index is 0.826. The molecule has 0 aromatic carbocycles. The number of carbonyl (C=O) groups is 2. The van der Waals surface area contributed by atoms with Crippen LogP contribution in [0.2, 0.25) is 0 Å². The molecule has 2 N–H and O–H groups in total. The van der Waals surface area contributed by atoms with Crippen molar-refractivity contribution in [2.75, 3.05) is 13.1 Å². The van der Waals surface area contributed by atoms with Crippen molar-refractivity contribution < 1.29 is 9.59 Å². The molecule has 0 radical (unpaired) electrons. The van der Waals surface area contributed by atoms with Gasteiger partial charge in [0.05, 0.1) is 0 Å². The van der Waals surface area contributed by atoms with Crippen molar-refractivity contribution in [1.29, 1.82) is 0 Å². The molecule has 12 fully saturated rings. The molecule has 0 spiro atoms. The Kier molecular flexibility index (Phi) is 5.56. The summed E-state index contributed by atoms with van der Waals surface area (Å²) in [6.07, 6.45) is 26.1. The van der Waals surface area contributed by atoms with Gasteiger partial charge in [-0.2, -0.15) is 0 Å². The van der Waals surface area contributed by atoms with Gasteiger partial charge in [0.1, 0.15) is 0 Å². The number of nitrogens with one attached hydrogen (secondary N) is 2. The van der Waals surface area contributed by atoms with Crippen LogP contribution in [-0.4, -0.2) is 24.9 Å². The molecule has 0 saturated heterocycles. The fraction of sp³-hybridized carbons (Fsp3) is 0.944. The molecule has 0 heterocycles. The molecule has 12 aliphatic rings. The monoisotopic (exact) mass is 546 g/mol. The molecular formula is C36H54N2O2. The topological polar surface area (TPSA) is 58.2 Å². The van der Waals surface area contributed by atoms with Crippen LogP contribution in [0.1, 0.15) is 128 Å². The summed E-state index contributed by atoms with van der Waals surface area (Å²) in [7, 11) is 0. The van der Waals surface area contributed by atoms with E-state index in [1.807, 2.05) is 0 Å². The lowest BCUT2D eigenvalue weighted by Crippen LogP contribution is -2.58. The Labute approximate surface area is 242 Å². The van der Waals surface area contributed by atoms with E-state index < -0.39 is 0 Å². The average Bonchev–Trinajstić information content (AvgIpc) is 2.84. The van der Waals surface area contributed by atoms with Crippen molar-refractivity contribution >= 4 is 11.8 Å². The minimum absolute atomic E-state index is 0.284. The zero-order valence-electron chi connectivity index (χ0n) is 25.0. The van der Waals surface area contributed by atoms with E-state index in [1.54, 1.807) is 0 Å². The van der Waals surface area contributed by atoms with Crippen LogP contribution in [0.3, 0.4) is 0 Å². The molecule has 12 bridgehead atoms. The number of amides is 2. The fourth-order valence-corrected chi connectivity index (χ4v) is 15.5. The van der Waals surface area contributed by atoms with E-state index in [2.05, 4.69) is 10.6 Å². The second-order valence-electron chi connectivity index (χ2n) is 18.7. The standard InChI is InChI=1S/C36H54N2O2/c39-31(18-33-8-23-1-24(9-33)3-25(2-23)10-33)37-21-35-14-29-7-30(15-35)17-36(16-29,20-35)22-38-32(40)19-34-11-26-4-27(12-34)6-28(5-26)13-34/h23-30H,1-22H2,(H,37,39)(H,38,40). The minimum Gasteiger partial charge on any atom is -0.356 e. The van der Waals surface area contributed by atoms with Crippen LogP contribution >= 0.6 is 0 Å². The quantitative estimate of drug-likeness (QED) is 0.344. The summed E-state index contributed by atoms with van der Waals surface area (Å²) in [6, 6.07) is 0. The van der Waals surface area contributed by atoms with Gasteiger partial charge < -0.3 is 10.6 Å². The first-order chi connectivity index (χ1) is 19.2. The van der Waals surface area contributed by atoms with Gasteiger partial charge in [-0.1, -0.05) is 0 Å². The van der Waals surface area contributed by atoms with E-state index in [-0.39, 0.29) is 10.8 Å². The first-order valence-electron chi connectivity index (χ1n) is 17.8. The van der Waals surface area contributed by atoms with Gasteiger partial charge in [0, 0.05) is 25.9 Å². The molecule has 12 saturated carbocycles. The molecule has 12 rings (SSSR count). The van der Waals surface area contributed by atoms with Crippen molar-refractivity contribution in [3.05, 3.63) is 0 Å². The van der Waals surface area contributed by atoms with Gasteiger partial charge in [-0.05, 0) is 185 Å². The highest BCUT2D eigenvalue weighted by molar-refractivity contribution is 5.77. The molecule has 12 aliphatic carbocycles. The molecule has 40 heavy (non-hydrogen) atoms. The lowest BCUT2D eigenvalue weighted by Gasteiger charge is -2.62. The number of hydrogen-bond donors (Lipinski definition) is 2. The smallest absolute Gasteiger partial charge is 0.220 e. The largest absolute Gasteiger partial charge is 0.356 e. The third-order valence-electron chi connectivity index (χ3n) is 15.0. The molecule has 0 aromatic heterocycles. The summed E-state index contributed by atoms with van der Waals surface area (Å²) >= 11 is 0. The van der Waals surface area contributed by atoms with Crippen LogP contribution in [0.5, 0.6) is 0 Å². The van der Waals surface area contributed by atoms with Crippen LogP contribution in [0.15, 0.2) is 0 Å². The SMILES string of the molecule is O=C(CC12CC3CC(CC(C3)C1)C2)NCC12CC3CC(C1)CC(CNC(=O)CC14CC5CC(CC(C5)C1)C4)(C3)C2. The van der Waals surface area contributed by atoms with Crippen molar-refractivity contribution in [1.82, 2.24) is 10.6 Å². The average molecular weight is 547 g/mol. The van der Waals surface area contributed by atoms with Gasteiger partial charge in [-0.15, -0.1) is 0 Å². The van der Waals surface area contributed by atoms with Crippen LogP contribution in [0.4, 0.5) is 0 Å². The Hall–Kier alpha value is -1.06. The summed E-state index contributed by atoms with van der Waals surface area (Å²) in [4.78, 5) is 26.9. The summed E-state index contributed by atoms with van der Waals surface area (Å²) in [5, 5.41) is 7.11. The predicted molar refractivity (Wildman–Crippen MR) is 156 cm³/mol. The predicted octanol–water partition coefficient (Wildman–Crippen LogP) is 7.02. The highest BCUT2D eigenvalue weighted by Crippen LogP contribution is 2.66. The Bertz CT molecular complexity index is 912. The zero-order chi connectivity index (χ0) is 26.7. The van der Waals surface area contributed by atoms with Gasteiger partial charge >= 0.3 is 0 Å². The molecule has 4 nitrogen and oxygen atoms in total. The van der Waals surface area contributed by atoms with E-state index >= 15 is 0 Å². The van der Waals surface area contributed by atoms with Crippen molar-refractivity contribution in [3.8, 4) is 0 Å². The first kappa shape index (κ1) is 25.4. The third kappa shape index (κ3) is 4.33. The van der Waals surface area contributed by atoms with Crippen LogP contribution < -0.4 is 10.6 Å². The fourth-order valence-electron chi connectivity index (χ4n) is 15.5. The summed E-state index contributed by atoms with van der Waals surface area (Å²) in [5.41, 5.74) is 1.24. The number of rotatable bonds is 8. The highest BCUT2D eigenvalue weighted by atomic mass is 16.2. The first-order valence-corrected chi connectivity index (χ1v) is 17.8. The van der Waals surface area contributed by atoms with Gasteiger partial charge in [0.15, 0.2) is 0 Å². The molecule has 0 atom stereocenters. The van der Waals surface area contributed by atoms with E-state index in [0.29, 0.717) is 22.6 Å². The summed E-state index contributed by atoms with van der Waals surface area (Å²) < 4.78 is 0. The van der Waals surface area contributed by atoms with Crippen LogP contribution in [-0.2, 0) is 9.59 Å². The van der Waals surface area contributed by atoms with Gasteiger partial charge in [-0.25, -0.2) is 0 Å². The maximum Gasteiger partial charge on any atom is 0.220 e. The zero-order valence-corrected chi connectivity index (χ0v) is 25.0. The van der Waals surface area contributed by atoms with E-state index in [4.69, 9.17) is 0 Å². The van der Waals surface area contributed by atoms with E-state index in [1.165, 1.54) is 116 Å². The Morgan fingerprint density at radius 3 is 1.02 bits per heavy atom. The lowest BCUT2D eigenvalue weighted by atomic mass is 9.44. The second-order valence-corrected chi connectivity index (χ2v) is 18.7. The second kappa shape index (κ2) is 8.75. The summed E-state index contributed by atoms with van der Waals surface area (Å²) in [5.74, 6) is 7.83. The maximum atomic E-state index is 13.4. The molecule has 0 unspecified atom stereocenters. The molecule has 2 amide bonds. The number of hydrogen-bond acceptors (Lipinski definition) is 2. The highest BCUT2D eigenvalue weighted by Gasteiger charge is 2.58. The minimum atomic E-state index is 0.284. The van der Waals surface area contributed by atoms with Crippen molar-refractivity contribution in [2.24, 2.45) is 69.0 Å². The lowest BCUT2D eigenvalue weighted by molar-refractivity contribution is -0.137. The Morgan fingerprint density at radius 2 is 0.700 bits per heavy atom. The van der Waals surface area contributed by atoms with Crippen molar-refractivity contribution in [3.63, 3.8) is 0 Å². The summed E-state index contributed by atoms with van der Waals surface area (Å²) in [6.45, 7) is 1.79. The van der Waals surface area contributed by atoms with Gasteiger partial charge in [-0.3, -0.25) is 9.59 Å². The van der Waals surface area contributed by atoms with E-state index in [0.717, 1.165) is 73.3 Å². The third-order valence-corrected chi connectivity index (χ3v) is 15.0. The van der Waals surface area contributed by atoms with Crippen LogP contribution in [0, 0.1) is 69.0 Å². The Morgan fingerprint density at radius 1 is 0.425 bits per heavy atom. The van der Waals surface area contributed by atoms with Crippen molar-refractivity contribution in [2.45, 2.75) is 128 Å². The molecular weight excluding hydrogens is 492 g/mol. The maximum absolute atomic E-state index is 13.4. The number of carbonyl (C=O) groups excluding carboxylic acids is 2. The molecule has 4 heteroatoms. The molecule has 0 aromatic rings. The molecule has 0 aliphatic heterocycles.